The highest BCUT2D eigenvalue weighted by atomic mass is 15.0. The summed E-state index contributed by atoms with van der Waals surface area (Å²) in [4.78, 5) is 0. The topological polar surface area (TPSA) is 12.0 Å². The molecule has 2 aliphatic carbocycles. The van der Waals surface area contributed by atoms with Crippen molar-refractivity contribution in [3.05, 3.63) is 0 Å². The molecule has 1 nitrogen and oxygen atoms in total. The van der Waals surface area contributed by atoms with Gasteiger partial charge in [0.15, 0.2) is 0 Å². The van der Waals surface area contributed by atoms with Gasteiger partial charge in [-0.1, -0.05) is 53.4 Å². The van der Waals surface area contributed by atoms with Crippen LogP contribution in [0.3, 0.4) is 0 Å². The van der Waals surface area contributed by atoms with Crippen LogP contribution in [0.15, 0.2) is 0 Å². The van der Waals surface area contributed by atoms with E-state index in [0.717, 1.165) is 23.9 Å². The van der Waals surface area contributed by atoms with Gasteiger partial charge in [-0.3, -0.25) is 0 Å². The third-order valence-corrected chi connectivity index (χ3v) is 5.63. The molecule has 2 saturated carbocycles. The van der Waals surface area contributed by atoms with Gasteiger partial charge in [0.25, 0.3) is 0 Å². The monoisotopic (exact) mass is 237 g/mol. The van der Waals surface area contributed by atoms with E-state index in [9.17, 15) is 0 Å². The van der Waals surface area contributed by atoms with E-state index in [1.165, 1.54) is 44.9 Å². The molecule has 0 heterocycles. The largest absolute Gasteiger partial charge is 0.310 e. The molecule has 0 saturated heterocycles. The molecule has 2 rings (SSSR count). The van der Waals surface area contributed by atoms with Crippen molar-refractivity contribution in [2.24, 2.45) is 17.3 Å². The van der Waals surface area contributed by atoms with Gasteiger partial charge >= 0.3 is 0 Å². The lowest BCUT2D eigenvalue weighted by molar-refractivity contribution is 0.115. The molecule has 2 aliphatic rings. The second-order valence-electron chi connectivity index (χ2n) is 7.33. The highest BCUT2D eigenvalue weighted by Gasteiger charge is 2.36. The molecule has 0 aromatic carbocycles. The van der Waals surface area contributed by atoms with E-state index in [1.54, 1.807) is 0 Å². The second kappa shape index (κ2) is 5.30. The Morgan fingerprint density at radius 2 is 1.71 bits per heavy atom. The summed E-state index contributed by atoms with van der Waals surface area (Å²) in [6, 6.07) is 1.54. The summed E-state index contributed by atoms with van der Waals surface area (Å²) >= 11 is 0. The van der Waals surface area contributed by atoms with E-state index in [-0.39, 0.29) is 0 Å². The second-order valence-corrected chi connectivity index (χ2v) is 7.33. The van der Waals surface area contributed by atoms with Gasteiger partial charge in [0.2, 0.25) is 0 Å². The maximum atomic E-state index is 4.03. The summed E-state index contributed by atoms with van der Waals surface area (Å²) in [5.41, 5.74) is 0.513. The normalized spacial score (nSPS) is 42.4. The Morgan fingerprint density at radius 3 is 2.41 bits per heavy atom. The fourth-order valence-electron chi connectivity index (χ4n) is 3.88. The van der Waals surface area contributed by atoms with Gasteiger partial charge in [0, 0.05) is 12.1 Å². The van der Waals surface area contributed by atoms with Crippen LogP contribution < -0.4 is 5.32 Å². The fourth-order valence-corrected chi connectivity index (χ4v) is 3.88. The van der Waals surface area contributed by atoms with Crippen molar-refractivity contribution >= 4 is 0 Å². The first-order chi connectivity index (χ1) is 8.00. The van der Waals surface area contributed by atoms with Crippen molar-refractivity contribution in [2.75, 3.05) is 0 Å². The highest BCUT2D eigenvalue weighted by molar-refractivity contribution is 4.92. The van der Waals surface area contributed by atoms with Crippen molar-refractivity contribution in [3.63, 3.8) is 0 Å². The quantitative estimate of drug-likeness (QED) is 0.752. The maximum absolute atomic E-state index is 4.03. The van der Waals surface area contributed by atoms with Gasteiger partial charge in [-0.2, -0.15) is 0 Å². The molecule has 0 amide bonds. The van der Waals surface area contributed by atoms with Crippen LogP contribution in [0.25, 0.3) is 0 Å². The van der Waals surface area contributed by atoms with Crippen LogP contribution in [0.5, 0.6) is 0 Å². The number of hydrogen-bond donors (Lipinski definition) is 1. The Hall–Kier alpha value is -0.0400. The molecule has 0 bridgehead atoms. The molecule has 0 radical (unpaired) electrons. The van der Waals surface area contributed by atoms with Crippen molar-refractivity contribution in [2.45, 2.75) is 84.7 Å². The van der Waals surface area contributed by atoms with E-state index in [2.05, 4.69) is 33.0 Å². The van der Waals surface area contributed by atoms with Gasteiger partial charge in [0.1, 0.15) is 0 Å². The third-order valence-electron chi connectivity index (χ3n) is 5.63. The number of rotatable bonds is 2. The minimum Gasteiger partial charge on any atom is -0.310 e. The zero-order chi connectivity index (χ0) is 12.5. The van der Waals surface area contributed by atoms with Crippen molar-refractivity contribution < 1.29 is 0 Å². The van der Waals surface area contributed by atoms with E-state index in [4.69, 9.17) is 0 Å². The molecule has 100 valence electrons. The molecule has 17 heavy (non-hydrogen) atoms. The van der Waals surface area contributed by atoms with Crippen molar-refractivity contribution in [1.82, 2.24) is 5.32 Å². The molecule has 2 fully saturated rings. The summed E-state index contributed by atoms with van der Waals surface area (Å²) in [7, 11) is 0. The molecule has 1 heteroatoms. The third kappa shape index (κ3) is 3.05. The predicted octanol–water partition coefficient (Wildman–Crippen LogP) is 4.37. The average Bonchev–Trinajstić information content (AvgIpc) is 2.27. The summed E-state index contributed by atoms with van der Waals surface area (Å²) < 4.78 is 0. The van der Waals surface area contributed by atoms with Crippen LogP contribution in [0.2, 0.25) is 0 Å². The van der Waals surface area contributed by atoms with Gasteiger partial charge in [-0.05, 0) is 36.5 Å². The lowest BCUT2D eigenvalue weighted by Crippen LogP contribution is -2.52. The summed E-state index contributed by atoms with van der Waals surface area (Å²) in [6.07, 6.45) is 9.92. The molecule has 4 atom stereocenters. The maximum Gasteiger partial charge on any atom is 0.0121 e. The first-order valence-electron chi connectivity index (χ1n) is 7.77. The molecular formula is C16H31N. The van der Waals surface area contributed by atoms with Crippen molar-refractivity contribution in [1.29, 1.82) is 0 Å². The summed E-state index contributed by atoms with van der Waals surface area (Å²) in [5, 5.41) is 4.03. The van der Waals surface area contributed by atoms with Gasteiger partial charge in [0.05, 0.1) is 0 Å². The van der Waals surface area contributed by atoms with E-state index in [1.807, 2.05) is 0 Å². The van der Waals surface area contributed by atoms with Gasteiger partial charge in [-0.15, -0.1) is 0 Å². The fraction of sp³-hybridized carbons (Fsp3) is 1.00. The van der Waals surface area contributed by atoms with Crippen molar-refractivity contribution in [3.8, 4) is 0 Å². The Morgan fingerprint density at radius 1 is 0.941 bits per heavy atom. The van der Waals surface area contributed by atoms with Crippen LogP contribution in [0.1, 0.15) is 72.6 Å². The number of nitrogens with one attached hydrogen (secondary N) is 1. The van der Waals surface area contributed by atoms with E-state index < -0.39 is 0 Å². The SMILES string of the molecule is CC1CCCC(NC2CCCCC2(C)C)C1C. The van der Waals surface area contributed by atoms with Crippen LogP contribution in [0.4, 0.5) is 0 Å². The minimum absolute atomic E-state index is 0.513. The first kappa shape index (κ1) is 13.4. The lowest BCUT2D eigenvalue weighted by Gasteiger charge is -2.44. The van der Waals surface area contributed by atoms with E-state index in [0.29, 0.717) is 5.41 Å². The lowest BCUT2D eigenvalue weighted by atomic mass is 9.71. The summed E-state index contributed by atoms with van der Waals surface area (Å²) in [5.74, 6) is 1.77. The van der Waals surface area contributed by atoms with Crippen LogP contribution in [-0.4, -0.2) is 12.1 Å². The zero-order valence-electron chi connectivity index (χ0n) is 12.3. The highest BCUT2D eigenvalue weighted by Crippen LogP contribution is 2.37. The van der Waals surface area contributed by atoms with Crippen LogP contribution >= 0.6 is 0 Å². The first-order valence-corrected chi connectivity index (χ1v) is 7.77. The molecule has 0 aliphatic heterocycles. The Labute approximate surface area is 108 Å². The van der Waals surface area contributed by atoms with Gasteiger partial charge in [-0.25, -0.2) is 0 Å². The standard InChI is InChI=1S/C16H31N/c1-12-8-7-9-14(13(12)2)17-15-10-5-6-11-16(15,3)4/h12-15,17H,5-11H2,1-4H3. The van der Waals surface area contributed by atoms with Crippen LogP contribution in [0, 0.1) is 17.3 Å². The molecule has 0 aromatic heterocycles. The molecular weight excluding hydrogens is 206 g/mol. The Bertz CT molecular complexity index is 246. The minimum atomic E-state index is 0.513. The van der Waals surface area contributed by atoms with Gasteiger partial charge < -0.3 is 5.32 Å². The Kier molecular flexibility index (Phi) is 4.18. The summed E-state index contributed by atoms with van der Waals surface area (Å²) in [6.45, 7) is 9.81. The smallest absolute Gasteiger partial charge is 0.0121 e. The van der Waals surface area contributed by atoms with Crippen LogP contribution in [-0.2, 0) is 0 Å². The average molecular weight is 237 g/mol. The van der Waals surface area contributed by atoms with E-state index >= 15 is 0 Å². The predicted molar refractivity (Wildman–Crippen MR) is 75.1 cm³/mol. The zero-order valence-corrected chi connectivity index (χ0v) is 12.3. The molecule has 0 spiro atoms. The molecule has 4 unspecified atom stereocenters. The Balaban J connectivity index is 1.95. The molecule has 0 aromatic rings. The molecule has 1 N–H and O–H groups in total. The number of hydrogen-bond acceptors (Lipinski definition) is 1.